The maximum absolute atomic E-state index is 11.1. The number of rotatable bonds is 3. The van der Waals surface area contributed by atoms with Crippen molar-refractivity contribution in [2.24, 2.45) is 0 Å². The van der Waals surface area contributed by atoms with E-state index in [2.05, 4.69) is 4.74 Å². The van der Waals surface area contributed by atoms with Crippen molar-refractivity contribution in [2.75, 3.05) is 7.11 Å². The third-order valence-electron chi connectivity index (χ3n) is 2.10. The Bertz CT molecular complexity index is 568. The van der Waals surface area contributed by atoms with Crippen LogP contribution >= 0.6 is 0 Å². The second-order valence-electron chi connectivity index (χ2n) is 3.24. The highest BCUT2D eigenvalue weighted by Gasteiger charge is 2.11. The monoisotopic (exact) mass is 247 g/mol. The van der Waals surface area contributed by atoms with Crippen molar-refractivity contribution in [1.29, 1.82) is 5.26 Å². The number of nitriles is 1. The summed E-state index contributed by atoms with van der Waals surface area (Å²) in [5.41, 5.74) is -0.237. The SMILES string of the molecule is COC(=O)C(C#N)=Cc1ccc(C(=O)O)cc1O. The fourth-order valence-corrected chi connectivity index (χ4v) is 1.20. The van der Waals surface area contributed by atoms with Gasteiger partial charge in [0.2, 0.25) is 0 Å². The summed E-state index contributed by atoms with van der Waals surface area (Å²) in [7, 11) is 1.13. The molecule has 2 N–H and O–H groups in total. The van der Waals surface area contributed by atoms with Gasteiger partial charge in [0, 0.05) is 5.56 Å². The molecule has 92 valence electrons. The van der Waals surface area contributed by atoms with E-state index in [9.17, 15) is 14.7 Å². The molecule has 0 saturated heterocycles. The zero-order chi connectivity index (χ0) is 13.7. The summed E-state index contributed by atoms with van der Waals surface area (Å²) in [5.74, 6) is -2.36. The quantitative estimate of drug-likeness (QED) is 0.471. The molecule has 1 aromatic carbocycles. The molecule has 0 aliphatic rings. The van der Waals surface area contributed by atoms with Gasteiger partial charge in [0.05, 0.1) is 12.7 Å². The van der Waals surface area contributed by atoms with Crippen molar-refractivity contribution in [3.8, 4) is 11.8 Å². The second kappa shape index (κ2) is 5.50. The van der Waals surface area contributed by atoms with Crippen LogP contribution in [0.3, 0.4) is 0 Å². The van der Waals surface area contributed by atoms with E-state index >= 15 is 0 Å². The molecule has 0 saturated carbocycles. The zero-order valence-corrected chi connectivity index (χ0v) is 9.38. The van der Waals surface area contributed by atoms with Crippen molar-refractivity contribution in [1.82, 2.24) is 0 Å². The van der Waals surface area contributed by atoms with Gasteiger partial charge in [-0.3, -0.25) is 0 Å². The molecular weight excluding hydrogens is 238 g/mol. The van der Waals surface area contributed by atoms with Crippen LogP contribution in [0, 0.1) is 11.3 Å². The number of benzene rings is 1. The molecule has 6 nitrogen and oxygen atoms in total. The van der Waals surface area contributed by atoms with E-state index in [1.165, 1.54) is 12.1 Å². The van der Waals surface area contributed by atoms with Crippen molar-refractivity contribution in [3.63, 3.8) is 0 Å². The molecule has 0 aromatic heterocycles. The Morgan fingerprint density at radius 1 is 1.44 bits per heavy atom. The molecule has 1 aromatic rings. The van der Waals surface area contributed by atoms with Crippen LogP contribution in [0.5, 0.6) is 5.75 Å². The number of aromatic carboxylic acids is 1. The maximum atomic E-state index is 11.1. The molecule has 0 spiro atoms. The molecule has 18 heavy (non-hydrogen) atoms. The van der Waals surface area contributed by atoms with Crippen LogP contribution in [-0.4, -0.2) is 29.3 Å². The highest BCUT2D eigenvalue weighted by atomic mass is 16.5. The lowest BCUT2D eigenvalue weighted by molar-refractivity contribution is -0.135. The van der Waals surface area contributed by atoms with Crippen LogP contribution in [0.25, 0.3) is 6.08 Å². The fraction of sp³-hybridized carbons (Fsp3) is 0.0833. The molecular formula is C12H9NO5. The van der Waals surface area contributed by atoms with Gasteiger partial charge >= 0.3 is 11.9 Å². The van der Waals surface area contributed by atoms with Crippen molar-refractivity contribution >= 4 is 18.0 Å². The van der Waals surface area contributed by atoms with E-state index < -0.39 is 11.9 Å². The van der Waals surface area contributed by atoms with Gasteiger partial charge in [-0.1, -0.05) is 6.07 Å². The highest BCUT2D eigenvalue weighted by molar-refractivity contribution is 5.98. The highest BCUT2D eigenvalue weighted by Crippen LogP contribution is 2.21. The normalized spacial score (nSPS) is 10.6. The van der Waals surface area contributed by atoms with Gasteiger partial charge in [0.1, 0.15) is 17.4 Å². The standard InChI is InChI=1S/C12H9NO5/c1-18-12(17)9(6-13)4-7-2-3-8(11(15)16)5-10(7)14/h2-5,14H,1H3,(H,15,16). The predicted octanol–water partition coefficient (Wildman–Crippen LogP) is 1.17. The minimum Gasteiger partial charge on any atom is -0.507 e. The molecule has 0 atom stereocenters. The number of carbonyl (C=O) groups is 2. The smallest absolute Gasteiger partial charge is 0.348 e. The third kappa shape index (κ3) is 2.86. The average molecular weight is 247 g/mol. The van der Waals surface area contributed by atoms with E-state index in [4.69, 9.17) is 10.4 Å². The first-order chi connectivity index (χ1) is 8.49. The van der Waals surface area contributed by atoms with Gasteiger partial charge in [-0.2, -0.15) is 5.26 Å². The Balaban J connectivity index is 3.20. The summed E-state index contributed by atoms with van der Waals surface area (Å²) in [6.07, 6.45) is 1.12. The van der Waals surface area contributed by atoms with Gasteiger partial charge in [-0.05, 0) is 18.2 Å². The number of phenolic OH excluding ortho intramolecular Hbond substituents is 1. The van der Waals surface area contributed by atoms with Crippen LogP contribution in [0.4, 0.5) is 0 Å². The van der Waals surface area contributed by atoms with Crippen LogP contribution in [0.2, 0.25) is 0 Å². The summed E-state index contributed by atoms with van der Waals surface area (Å²) in [5, 5.41) is 27.0. The number of hydrogen-bond acceptors (Lipinski definition) is 5. The largest absolute Gasteiger partial charge is 0.507 e. The van der Waals surface area contributed by atoms with E-state index in [-0.39, 0.29) is 22.4 Å². The van der Waals surface area contributed by atoms with Crippen LogP contribution in [0.1, 0.15) is 15.9 Å². The molecule has 0 heterocycles. The molecule has 0 radical (unpaired) electrons. The number of esters is 1. The third-order valence-corrected chi connectivity index (χ3v) is 2.10. The number of carboxylic acid groups (broad SMARTS) is 1. The lowest BCUT2D eigenvalue weighted by Gasteiger charge is -2.02. The number of nitrogens with zero attached hydrogens (tertiary/aromatic N) is 1. The van der Waals surface area contributed by atoms with E-state index in [0.29, 0.717) is 0 Å². The van der Waals surface area contributed by atoms with E-state index in [0.717, 1.165) is 19.3 Å². The van der Waals surface area contributed by atoms with Gasteiger partial charge < -0.3 is 14.9 Å². The summed E-state index contributed by atoms with van der Waals surface area (Å²) in [6.45, 7) is 0. The maximum Gasteiger partial charge on any atom is 0.348 e. The Hall–Kier alpha value is -2.81. The average Bonchev–Trinajstić information content (AvgIpc) is 2.36. The number of aromatic hydroxyl groups is 1. The van der Waals surface area contributed by atoms with Gasteiger partial charge in [-0.25, -0.2) is 9.59 Å². The van der Waals surface area contributed by atoms with E-state index in [1.54, 1.807) is 6.07 Å². The first-order valence-corrected chi connectivity index (χ1v) is 4.76. The molecule has 0 aliphatic carbocycles. The first-order valence-electron chi connectivity index (χ1n) is 4.76. The molecule has 0 amide bonds. The lowest BCUT2D eigenvalue weighted by Crippen LogP contribution is -2.02. The summed E-state index contributed by atoms with van der Waals surface area (Å²) >= 11 is 0. The number of methoxy groups -OCH3 is 1. The zero-order valence-electron chi connectivity index (χ0n) is 9.38. The number of hydrogen-bond donors (Lipinski definition) is 2. The van der Waals surface area contributed by atoms with Crippen LogP contribution in [-0.2, 0) is 9.53 Å². The summed E-state index contributed by atoms with van der Waals surface area (Å²) in [4.78, 5) is 21.8. The minimum atomic E-state index is -1.19. The Morgan fingerprint density at radius 2 is 2.11 bits per heavy atom. The van der Waals surface area contributed by atoms with Crippen molar-refractivity contribution < 1.29 is 24.5 Å². The molecule has 6 heteroatoms. The van der Waals surface area contributed by atoms with Crippen molar-refractivity contribution in [2.45, 2.75) is 0 Å². The van der Waals surface area contributed by atoms with Gasteiger partial charge in [-0.15, -0.1) is 0 Å². The number of carboxylic acids is 1. The van der Waals surface area contributed by atoms with Gasteiger partial charge in [0.25, 0.3) is 0 Å². The number of carbonyl (C=O) groups excluding carboxylic acids is 1. The van der Waals surface area contributed by atoms with Crippen molar-refractivity contribution in [3.05, 3.63) is 34.9 Å². The molecule has 1 rings (SSSR count). The Labute approximate surface area is 102 Å². The first kappa shape index (κ1) is 13.3. The lowest BCUT2D eigenvalue weighted by atomic mass is 10.1. The van der Waals surface area contributed by atoms with Crippen LogP contribution < -0.4 is 0 Å². The Kier molecular flexibility index (Phi) is 4.05. The molecule has 0 bridgehead atoms. The van der Waals surface area contributed by atoms with Crippen LogP contribution in [0.15, 0.2) is 23.8 Å². The minimum absolute atomic E-state index is 0.0961. The summed E-state index contributed by atoms with van der Waals surface area (Å²) < 4.78 is 4.37. The topological polar surface area (TPSA) is 108 Å². The van der Waals surface area contributed by atoms with Gasteiger partial charge in [0.15, 0.2) is 0 Å². The molecule has 0 fully saturated rings. The number of phenols is 1. The summed E-state index contributed by atoms with van der Waals surface area (Å²) in [6, 6.07) is 5.19. The van der Waals surface area contributed by atoms with E-state index in [1.807, 2.05) is 0 Å². The Morgan fingerprint density at radius 3 is 2.56 bits per heavy atom. The molecule has 0 aliphatic heterocycles. The second-order valence-corrected chi connectivity index (χ2v) is 3.24. The predicted molar refractivity (Wildman–Crippen MR) is 60.7 cm³/mol. The molecule has 0 unspecified atom stereocenters. The number of ether oxygens (including phenoxy) is 1. The fourth-order valence-electron chi connectivity index (χ4n) is 1.20.